The Bertz CT molecular complexity index is 1410. The highest BCUT2D eigenvalue weighted by molar-refractivity contribution is 5.64. The second-order valence-electron chi connectivity index (χ2n) is 11.6. The largest absolute Gasteiger partial charge is 0.115 e. The van der Waals surface area contributed by atoms with Gasteiger partial charge < -0.3 is 0 Å². The fourth-order valence-corrected chi connectivity index (χ4v) is 6.60. The van der Waals surface area contributed by atoms with E-state index in [1.807, 2.05) is 0 Å². The van der Waals surface area contributed by atoms with E-state index in [4.69, 9.17) is 13.0 Å². The first-order valence-electron chi connectivity index (χ1n) is 15.1. The molecule has 1 atom stereocenters. The molecular formula is C40H42. The number of terminal acetylenes is 1. The summed E-state index contributed by atoms with van der Waals surface area (Å²) in [5, 5.41) is 0. The predicted molar refractivity (Wildman–Crippen MR) is 171 cm³/mol. The van der Waals surface area contributed by atoms with Crippen LogP contribution in [0.25, 0.3) is 11.1 Å². The minimum Gasteiger partial charge on any atom is -0.115 e. The molecule has 0 nitrogen and oxygen atoms in total. The number of rotatable bonds is 10. The first-order valence-corrected chi connectivity index (χ1v) is 15.1. The van der Waals surface area contributed by atoms with E-state index in [0.29, 0.717) is 11.8 Å². The van der Waals surface area contributed by atoms with Crippen molar-refractivity contribution in [3.63, 3.8) is 0 Å². The lowest BCUT2D eigenvalue weighted by Gasteiger charge is -2.35. The fraction of sp³-hybridized carbons (Fsp3) is 0.300. The zero-order chi connectivity index (χ0) is 27.7. The molecule has 40 heavy (non-hydrogen) atoms. The minimum atomic E-state index is 0.413. The molecule has 0 spiro atoms. The topological polar surface area (TPSA) is 0 Å². The summed E-state index contributed by atoms with van der Waals surface area (Å²) < 4.78 is 0. The zero-order valence-electron chi connectivity index (χ0n) is 24.0. The number of aryl methyl sites for hydroxylation is 2. The Hall–Kier alpha value is -3.82. The van der Waals surface area contributed by atoms with Gasteiger partial charge in [-0.15, -0.1) is 6.42 Å². The van der Waals surface area contributed by atoms with Gasteiger partial charge in [-0.2, -0.15) is 0 Å². The molecular weight excluding hydrogens is 480 g/mol. The van der Waals surface area contributed by atoms with Gasteiger partial charge in [-0.1, -0.05) is 116 Å². The van der Waals surface area contributed by atoms with E-state index in [1.54, 1.807) is 0 Å². The highest BCUT2D eigenvalue weighted by Gasteiger charge is 2.30. The van der Waals surface area contributed by atoms with E-state index in [-0.39, 0.29) is 0 Å². The molecule has 4 aromatic carbocycles. The summed E-state index contributed by atoms with van der Waals surface area (Å²) in [7, 11) is 0. The van der Waals surface area contributed by atoms with Gasteiger partial charge in [0, 0.05) is 11.5 Å². The summed E-state index contributed by atoms with van der Waals surface area (Å²) in [6, 6.07) is 37.8. The van der Waals surface area contributed by atoms with E-state index < -0.39 is 0 Å². The molecule has 0 saturated heterocycles. The quantitative estimate of drug-likeness (QED) is 0.144. The Balaban J connectivity index is 1.31. The standard InChI is InChI=1S/C40H42/c1-4-31-16-18-34(19-17-31)28-35-20-22-37(23-21-35)40(30(3)14-15-33-10-7-6-8-11-33)38-26-24-36(25-27-38)39-13-9-12-32(5-2)29-39/h1,6-13,16-19,24-27,29,35,37,40H,3,5,14-15,20-23,28H2,2H3. The van der Waals surface area contributed by atoms with Crippen molar-refractivity contribution in [2.75, 3.05) is 0 Å². The molecule has 0 amide bonds. The van der Waals surface area contributed by atoms with E-state index in [0.717, 1.165) is 37.2 Å². The Labute approximate surface area is 242 Å². The van der Waals surface area contributed by atoms with Crippen LogP contribution in [0.3, 0.4) is 0 Å². The summed E-state index contributed by atoms with van der Waals surface area (Å²) in [6.07, 6.45) is 15.0. The molecule has 202 valence electrons. The third-order valence-corrected chi connectivity index (χ3v) is 8.96. The average molecular weight is 523 g/mol. The van der Waals surface area contributed by atoms with Crippen molar-refractivity contribution >= 4 is 0 Å². The molecule has 1 unspecified atom stereocenters. The number of benzene rings is 4. The summed E-state index contributed by atoms with van der Waals surface area (Å²) >= 11 is 0. The first kappa shape index (κ1) is 27.7. The molecule has 1 saturated carbocycles. The van der Waals surface area contributed by atoms with E-state index >= 15 is 0 Å². The molecule has 0 heteroatoms. The van der Waals surface area contributed by atoms with Gasteiger partial charge in [0.1, 0.15) is 0 Å². The Morgan fingerprint density at radius 3 is 2.15 bits per heavy atom. The Kier molecular flexibility index (Phi) is 9.36. The van der Waals surface area contributed by atoms with E-state index in [9.17, 15) is 0 Å². The Morgan fingerprint density at radius 1 is 0.775 bits per heavy atom. The lowest BCUT2D eigenvalue weighted by Crippen LogP contribution is -2.23. The van der Waals surface area contributed by atoms with Gasteiger partial charge >= 0.3 is 0 Å². The molecule has 0 aliphatic heterocycles. The van der Waals surface area contributed by atoms with Crippen molar-refractivity contribution in [1.29, 1.82) is 0 Å². The molecule has 0 heterocycles. The van der Waals surface area contributed by atoms with Gasteiger partial charge in [0.25, 0.3) is 0 Å². The van der Waals surface area contributed by atoms with Crippen molar-refractivity contribution in [3.05, 3.63) is 143 Å². The van der Waals surface area contributed by atoms with Crippen LogP contribution >= 0.6 is 0 Å². The maximum Gasteiger partial charge on any atom is 0.0242 e. The fourth-order valence-electron chi connectivity index (χ4n) is 6.60. The van der Waals surface area contributed by atoms with Crippen LogP contribution < -0.4 is 0 Å². The summed E-state index contributed by atoms with van der Waals surface area (Å²) in [5.74, 6) is 4.54. The molecule has 0 aromatic heterocycles. The average Bonchev–Trinajstić information content (AvgIpc) is 3.02. The van der Waals surface area contributed by atoms with Crippen LogP contribution in [0.2, 0.25) is 0 Å². The van der Waals surface area contributed by atoms with Crippen molar-refractivity contribution < 1.29 is 0 Å². The number of hydrogen-bond donors (Lipinski definition) is 0. The van der Waals surface area contributed by atoms with Crippen molar-refractivity contribution in [3.8, 4) is 23.5 Å². The predicted octanol–water partition coefficient (Wildman–Crippen LogP) is 10.2. The third-order valence-electron chi connectivity index (χ3n) is 8.96. The van der Waals surface area contributed by atoms with Gasteiger partial charge in [-0.25, -0.2) is 0 Å². The maximum absolute atomic E-state index is 5.55. The van der Waals surface area contributed by atoms with Crippen molar-refractivity contribution in [1.82, 2.24) is 0 Å². The second-order valence-corrected chi connectivity index (χ2v) is 11.6. The highest BCUT2D eigenvalue weighted by Crippen LogP contribution is 2.44. The molecule has 0 radical (unpaired) electrons. The number of allylic oxidation sites excluding steroid dienone is 1. The molecule has 1 aliphatic carbocycles. The van der Waals surface area contributed by atoms with Gasteiger partial charge in [0.2, 0.25) is 0 Å². The lowest BCUT2D eigenvalue weighted by atomic mass is 9.69. The molecule has 0 bridgehead atoms. The van der Waals surface area contributed by atoms with Gasteiger partial charge in [0.15, 0.2) is 0 Å². The van der Waals surface area contributed by atoms with Crippen LogP contribution in [0.15, 0.2) is 115 Å². The third kappa shape index (κ3) is 7.03. The van der Waals surface area contributed by atoms with Crippen LogP contribution in [0.5, 0.6) is 0 Å². The number of hydrogen-bond acceptors (Lipinski definition) is 0. The Morgan fingerprint density at radius 2 is 1.48 bits per heavy atom. The zero-order valence-corrected chi connectivity index (χ0v) is 24.0. The summed E-state index contributed by atoms with van der Waals surface area (Å²) in [5.41, 5.74) is 10.6. The SMILES string of the molecule is C#Cc1ccc(CC2CCC(C(C(=C)CCc3ccccc3)c3ccc(-c4cccc(CC)c4)cc3)CC2)cc1. The first-order chi connectivity index (χ1) is 19.6. The van der Waals surface area contributed by atoms with Crippen LogP contribution in [-0.2, 0) is 19.3 Å². The van der Waals surface area contributed by atoms with E-state index in [2.05, 4.69) is 116 Å². The van der Waals surface area contributed by atoms with Crippen molar-refractivity contribution in [2.24, 2.45) is 11.8 Å². The molecule has 1 aliphatic rings. The highest BCUT2D eigenvalue weighted by atomic mass is 14.3. The summed E-state index contributed by atoms with van der Waals surface area (Å²) in [4.78, 5) is 0. The van der Waals surface area contributed by atoms with Gasteiger partial charge in [-0.05, 0) is 109 Å². The van der Waals surface area contributed by atoms with Gasteiger partial charge in [0.05, 0.1) is 0 Å². The normalized spacial score (nSPS) is 17.6. The lowest BCUT2D eigenvalue weighted by molar-refractivity contribution is 0.252. The summed E-state index contributed by atoms with van der Waals surface area (Å²) in [6.45, 7) is 6.93. The second kappa shape index (κ2) is 13.5. The molecule has 1 fully saturated rings. The van der Waals surface area contributed by atoms with Crippen LogP contribution in [0, 0.1) is 24.2 Å². The maximum atomic E-state index is 5.55. The van der Waals surface area contributed by atoms with Crippen molar-refractivity contribution in [2.45, 2.75) is 64.2 Å². The smallest absolute Gasteiger partial charge is 0.0242 e. The molecule has 4 aromatic rings. The molecule has 5 rings (SSSR count). The van der Waals surface area contributed by atoms with Gasteiger partial charge in [-0.3, -0.25) is 0 Å². The van der Waals surface area contributed by atoms with E-state index in [1.165, 1.54) is 64.6 Å². The van der Waals surface area contributed by atoms with Crippen LogP contribution in [0.1, 0.15) is 72.8 Å². The minimum absolute atomic E-state index is 0.413. The monoisotopic (exact) mass is 522 g/mol. The molecule has 0 N–H and O–H groups in total. The van der Waals surface area contributed by atoms with Crippen LogP contribution in [-0.4, -0.2) is 0 Å². The van der Waals surface area contributed by atoms with Crippen LogP contribution in [0.4, 0.5) is 0 Å².